The smallest absolute Gasteiger partial charge is 0.335 e. The standard InChI is InChI=1S/C14H16N2O3/c1-2-3-4-7-19-13-11-6-5-10(14(17)18)8-12(11)15-9-16-13/h5-6,8-9H,2-4,7H2,1H3,(H,17,18). The van der Waals surface area contributed by atoms with Crippen molar-refractivity contribution in [2.24, 2.45) is 0 Å². The Labute approximate surface area is 111 Å². The molecule has 0 bridgehead atoms. The van der Waals surface area contributed by atoms with E-state index in [1.165, 1.54) is 18.5 Å². The Morgan fingerprint density at radius 2 is 2.16 bits per heavy atom. The summed E-state index contributed by atoms with van der Waals surface area (Å²) in [7, 11) is 0. The van der Waals surface area contributed by atoms with E-state index in [4.69, 9.17) is 9.84 Å². The minimum Gasteiger partial charge on any atom is -0.478 e. The highest BCUT2D eigenvalue weighted by molar-refractivity contribution is 5.94. The summed E-state index contributed by atoms with van der Waals surface area (Å²) in [5.41, 5.74) is 0.795. The normalized spacial score (nSPS) is 10.6. The van der Waals surface area contributed by atoms with Crippen molar-refractivity contribution < 1.29 is 14.6 Å². The van der Waals surface area contributed by atoms with Gasteiger partial charge in [0.15, 0.2) is 0 Å². The van der Waals surface area contributed by atoms with E-state index in [1.54, 1.807) is 6.07 Å². The van der Waals surface area contributed by atoms with Gasteiger partial charge in [-0.2, -0.15) is 0 Å². The van der Waals surface area contributed by atoms with Gasteiger partial charge >= 0.3 is 5.97 Å². The lowest BCUT2D eigenvalue weighted by atomic mass is 10.1. The number of carboxylic acid groups (broad SMARTS) is 1. The van der Waals surface area contributed by atoms with E-state index in [9.17, 15) is 4.79 Å². The number of hydrogen-bond acceptors (Lipinski definition) is 4. The molecule has 2 rings (SSSR count). The summed E-state index contributed by atoms with van der Waals surface area (Å²) in [6, 6.07) is 4.75. The van der Waals surface area contributed by atoms with Gasteiger partial charge in [0.05, 0.1) is 23.1 Å². The molecule has 19 heavy (non-hydrogen) atoms. The molecule has 100 valence electrons. The van der Waals surface area contributed by atoms with Crippen molar-refractivity contribution in [3.63, 3.8) is 0 Å². The first-order chi connectivity index (χ1) is 9.22. The minimum atomic E-state index is -0.967. The van der Waals surface area contributed by atoms with E-state index in [0.717, 1.165) is 24.6 Å². The topological polar surface area (TPSA) is 72.3 Å². The van der Waals surface area contributed by atoms with Crippen LogP contribution in [0, 0.1) is 0 Å². The van der Waals surface area contributed by atoms with Crippen LogP contribution in [-0.4, -0.2) is 27.7 Å². The Balaban J connectivity index is 2.22. The third kappa shape index (κ3) is 3.19. The summed E-state index contributed by atoms with van der Waals surface area (Å²) in [5.74, 6) is -0.455. The lowest BCUT2D eigenvalue weighted by molar-refractivity contribution is 0.0697. The summed E-state index contributed by atoms with van der Waals surface area (Å²) < 4.78 is 5.62. The molecule has 0 aliphatic rings. The third-order valence-corrected chi connectivity index (χ3v) is 2.83. The average molecular weight is 260 g/mol. The lowest BCUT2D eigenvalue weighted by Crippen LogP contribution is -2.01. The molecule has 1 heterocycles. The predicted molar refractivity (Wildman–Crippen MR) is 71.5 cm³/mol. The van der Waals surface area contributed by atoms with E-state index >= 15 is 0 Å². The fourth-order valence-corrected chi connectivity index (χ4v) is 1.80. The monoisotopic (exact) mass is 260 g/mol. The molecule has 1 aromatic heterocycles. The Kier molecular flexibility index (Phi) is 4.28. The number of carbonyl (C=O) groups is 1. The number of fused-ring (bicyclic) bond motifs is 1. The number of nitrogens with zero attached hydrogens (tertiary/aromatic N) is 2. The number of ether oxygens (including phenoxy) is 1. The SMILES string of the molecule is CCCCCOc1ncnc2cc(C(=O)O)ccc12. The highest BCUT2D eigenvalue weighted by atomic mass is 16.5. The predicted octanol–water partition coefficient (Wildman–Crippen LogP) is 2.90. The summed E-state index contributed by atoms with van der Waals surface area (Å²) in [6.45, 7) is 2.74. The maximum atomic E-state index is 10.9. The number of unbranched alkanes of at least 4 members (excludes halogenated alkanes) is 2. The van der Waals surface area contributed by atoms with Crippen LogP contribution in [0.2, 0.25) is 0 Å². The summed E-state index contributed by atoms with van der Waals surface area (Å²) in [5, 5.41) is 9.68. The second-order valence-electron chi connectivity index (χ2n) is 4.27. The summed E-state index contributed by atoms with van der Waals surface area (Å²) in [6.07, 6.45) is 4.63. The number of rotatable bonds is 6. The van der Waals surface area contributed by atoms with Crippen LogP contribution in [0.1, 0.15) is 36.5 Å². The van der Waals surface area contributed by atoms with Gasteiger partial charge in [0.1, 0.15) is 6.33 Å². The zero-order chi connectivity index (χ0) is 13.7. The minimum absolute atomic E-state index is 0.211. The van der Waals surface area contributed by atoms with E-state index < -0.39 is 5.97 Å². The number of aromatic carboxylic acids is 1. The van der Waals surface area contributed by atoms with Crippen molar-refractivity contribution in [2.45, 2.75) is 26.2 Å². The largest absolute Gasteiger partial charge is 0.478 e. The molecule has 0 aliphatic carbocycles. The first-order valence-electron chi connectivity index (χ1n) is 6.33. The van der Waals surface area contributed by atoms with Crippen LogP contribution < -0.4 is 4.74 Å². The van der Waals surface area contributed by atoms with Crippen LogP contribution in [0.15, 0.2) is 24.5 Å². The lowest BCUT2D eigenvalue weighted by Gasteiger charge is -2.07. The fraction of sp³-hybridized carbons (Fsp3) is 0.357. The van der Waals surface area contributed by atoms with Gasteiger partial charge in [-0.05, 0) is 24.6 Å². The molecule has 0 unspecified atom stereocenters. The molecule has 5 nitrogen and oxygen atoms in total. The molecule has 1 aromatic carbocycles. The van der Waals surface area contributed by atoms with E-state index in [1.807, 2.05) is 0 Å². The van der Waals surface area contributed by atoms with Gasteiger partial charge in [0.2, 0.25) is 5.88 Å². The highest BCUT2D eigenvalue weighted by Crippen LogP contribution is 2.22. The van der Waals surface area contributed by atoms with Gasteiger partial charge < -0.3 is 9.84 Å². The molecule has 0 radical (unpaired) electrons. The van der Waals surface area contributed by atoms with Crippen molar-refractivity contribution >= 4 is 16.9 Å². The molecule has 0 saturated heterocycles. The van der Waals surface area contributed by atoms with Gasteiger partial charge in [-0.3, -0.25) is 0 Å². The van der Waals surface area contributed by atoms with Crippen LogP contribution in [-0.2, 0) is 0 Å². The number of aromatic nitrogens is 2. The Morgan fingerprint density at radius 1 is 1.32 bits per heavy atom. The summed E-state index contributed by atoms with van der Waals surface area (Å²) in [4.78, 5) is 19.1. The Morgan fingerprint density at radius 3 is 2.89 bits per heavy atom. The fourth-order valence-electron chi connectivity index (χ4n) is 1.80. The van der Waals surface area contributed by atoms with Crippen molar-refractivity contribution in [1.82, 2.24) is 9.97 Å². The van der Waals surface area contributed by atoms with Crippen LogP contribution in [0.25, 0.3) is 10.9 Å². The van der Waals surface area contributed by atoms with Gasteiger partial charge in [0.25, 0.3) is 0 Å². The zero-order valence-electron chi connectivity index (χ0n) is 10.8. The molecular formula is C14H16N2O3. The van der Waals surface area contributed by atoms with Crippen molar-refractivity contribution in [3.05, 3.63) is 30.1 Å². The maximum Gasteiger partial charge on any atom is 0.335 e. The molecule has 0 fully saturated rings. The van der Waals surface area contributed by atoms with Crippen molar-refractivity contribution in [1.29, 1.82) is 0 Å². The molecule has 1 N–H and O–H groups in total. The number of hydrogen-bond donors (Lipinski definition) is 1. The molecule has 0 aliphatic heterocycles. The van der Waals surface area contributed by atoms with Gasteiger partial charge in [-0.1, -0.05) is 19.8 Å². The third-order valence-electron chi connectivity index (χ3n) is 2.83. The van der Waals surface area contributed by atoms with Crippen molar-refractivity contribution in [2.75, 3.05) is 6.61 Å². The Hall–Kier alpha value is -2.17. The quantitative estimate of drug-likeness (QED) is 0.808. The first-order valence-corrected chi connectivity index (χ1v) is 6.33. The highest BCUT2D eigenvalue weighted by Gasteiger charge is 2.08. The van der Waals surface area contributed by atoms with Gasteiger partial charge in [-0.25, -0.2) is 14.8 Å². The van der Waals surface area contributed by atoms with E-state index in [0.29, 0.717) is 18.0 Å². The van der Waals surface area contributed by atoms with Crippen LogP contribution in [0.3, 0.4) is 0 Å². The van der Waals surface area contributed by atoms with E-state index in [2.05, 4.69) is 16.9 Å². The molecular weight excluding hydrogens is 244 g/mol. The molecule has 0 spiro atoms. The average Bonchev–Trinajstić information content (AvgIpc) is 2.43. The molecule has 0 saturated carbocycles. The number of carboxylic acids is 1. The van der Waals surface area contributed by atoms with E-state index in [-0.39, 0.29) is 5.56 Å². The first kappa shape index (κ1) is 13.3. The number of benzene rings is 1. The molecule has 0 amide bonds. The van der Waals surface area contributed by atoms with Gasteiger partial charge in [0, 0.05) is 0 Å². The van der Waals surface area contributed by atoms with Gasteiger partial charge in [-0.15, -0.1) is 0 Å². The van der Waals surface area contributed by atoms with Crippen molar-refractivity contribution in [3.8, 4) is 5.88 Å². The Bertz CT molecular complexity index is 584. The van der Waals surface area contributed by atoms with Crippen LogP contribution in [0.4, 0.5) is 0 Å². The summed E-state index contributed by atoms with van der Waals surface area (Å²) >= 11 is 0. The molecule has 0 atom stereocenters. The second kappa shape index (κ2) is 6.13. The van der Waals surface area contributed by atoms with Crippen LogP contribution >= 0.6 is 0 Å². The molecule has 5 heteroatoms. The maximum absolute atomic E-state index is 10.9. The zero-order valence-corrected chi connectivity index (χ0v) is 10.8. The molecule has 2 aromatic rings. The second-order valence-corrected chi connectivity index (χ2v) is 4.27. The van der Waals surface area contributed by atoms with Crippen LogP contribution in [0.5, 0.6) is 5.88 Å².